The van der Waals surface area contributed by atoms with E-state index in [4.69, 9.17) is 4.74 Å². The maximum Gasteiger partial charge on any atom is 0.416 e. The average molecular weight is 436 g/mol. The second-order valence-electron chi connectivity index (χ2n) is 7.87. The van der Waals surface area contributed by atoms with Crippen molar-refractivity contribution in [1.82, 2.24) is 20.0 Å². The van der Waals surface area contributed by atoms with Crippen LogP contribution in [0.4, 0.5) is 13.2 Å². The lowest BCUT2D eigenvalue weighted by atomic mass is 10.0. The van der Waals surface area contributed by atoms with E-state index in [0.717, 1.165) is 44.6 Å². The number of methoxy groups -OCH3 is 1. The standard InChI is InChI=1S/C22H27F3N4O2/c1-15(2)7-10-28-11-8-17(9-12-28)26-21(30)20-19(31-3)14-29(27-20)18-6-4-5-16(13-18)22(23,24)25/h4-7,13-14,17H,8-12H2,1-3H3,(H,26,30). The van der Waals surface area contributed by atoms with Crippen molar-refractivity contribution in [3.63, 3.8) is 0 Å². The highest BCUT2D eigenvalue weighted by Crippen LogP contribution is 2.30. The minimum atomic E-state index is -4.46. The lowest BCUT2D eigenvalue weighted by Crippen LogP contribution is -2.44. The smallest absolute Gasteiger partial charge is 0.416 e. The SMILES string of the molecule is COc1cn(-c2cccc(C(F)(F)F)c2)nc1C(=O)NC1CCN(CC=C(C)C)CC1. The first kappa shape index (κ1) is 22.9. The van der Waals surface area contributed by atoms with Crippen LogP contribution in [0.25, 0.3) is 5.69 Å². The summed E-state index contributed by atoms with van der Waals surface area (Å²) in [4.78, 5) is 15.1. The molecule has 1 saturated heterocycles. The predicted octanol–water partition coefficient (Wildman–Crippen LogP) is 4.06. The van der Waals surface area contributed by atoms with Crippen molar-refractivity contribution in [3.05, 3.63) is 53.4 Å². The Morgan fingerprint density at radius 3 is 2.61 bits per heavy atom. The first-order valence-electron chi connectivity index (χ1n) is 10.1. The van der Waals surface area contributed by atoms with Crippen LogP contribution in [0.15, 0.2) is 42.1 Å². The van der Waals surface area contributed by atoms with Gasteiger partial charge in [-0.25, -0.2) is 4.68 Å². The molecule has 2 aromatic rings. The highest BCUT2D eigenvalue weighted by Gasteiger charge is 2.31. The summed E-state index contributed by atoms with van der Waals surface area (Å²) >= 11 is 0. The summed E-state index contributed by atoms with van der Waals surface area (Å²) in [5, 5.41) is 7.18. The van der Waals surface area contributed by atoms with Gasteiger partial charge in [-0.15, -0.1) is 0 Å². The molecule has 6 nitrogen and oxygen atoms in total. The molecule has 1 fully saturated rings. The van der Waals surface area contributed by atoms with Crippen molar-refractivity contribution in [1.29, 1.82) is 0 Å². The van der Waals surface area contributed by atoms with Gasteiger partial charge < -0.3 is 10.1 Å². The summed E-state index contributed by atoms with van der Waals surface area (Å²) in [5.41, 5.74) is 0.732. The first-order chi connectivity index (χ1) is 14.7. The van der Waals surface area contributed by atoms with Crippen molar-refractivity contribution in [3.8, 4) is 11.4 Å². The largest absolute Gasteiger partial charge is 0.493 e. The fourth-order valence-corrected chi connectivity index (χ4v) is 3.45. The van der Waals surface area contributed by atoms with Gasteiger partial charge in [-0.05, 0) is 44.9 Å². The number of carbonyl (C=O) groups is 1. The Balaban J connectivity index is 1.69. The van der Waals surface area contributed by atoms with Crippen molar-refractivity contribution in [2.45, 2.75) is 38.9 Å². The number of nitrogens with zero attached hydrogens (tertiary/aromatic N) is 3. The summed E-state index contributed by atoms with van der Waals surface area (Å²) in [6.07, 6.45) is 0.766. The number of piperidine rings is 1. The zero-order valence-electron chi connectivity index (χ0n) is 17.9. The van der Waals surface area contributed by atoms with Crippen LogP contribution in [0.3, 0.4) is 0 Å². The molecule has 1 aromatic heterocycles. The molecule has 1 amide bonds. The molecule has 0 spiro atoms. The minimum absolute atomic E-state index is 0.0128. The fourth-order valence-electron chi connectivity index (χ4n) is 3.45. The number of halogens is 3. The van der Waals surface area contributed by atoms with Gasteiger partial charge >= 0.3 is 6.18 Å². The summed E-state index contributed by atoms with van der Waals surface area (Å²) < 4.78 is 45.5. The van der Waals surface area contributed by atoms with Crippen molar-refractivity contribution >= 4 is 5.91 Å². The predicted molar refractivity (Wildman–Crippen MR) is 111 cm³/mol. The van der Waals surface area contributed by atoms with Crippen molar-refractivity contribution in [2.24, 2.45) is 0 Å². The van der Waals surface area contributed by atoms with Gasteiger partial charge in [0.15, 0.2) is 11.4 Å². The number of hydrogen-bond acceptors (Lipinski definition) is 4. The number of alkyl halides is 3. The number of allylic oxidation sites excluding steroid dienone is 1. The van der Waals surface area contributed by atoms with Crippen LogP contribution >= 0.6 is 0 Å². The zero-order valence-corrected chi connectivity index (χ0v) is 17.9. The Kier molecular flexibility index (Phi) is 7.04. The molecule has 0 atom stereocenters. The number of hydrogen-bond donors (Lipinski definition) is 1. The normalized spacial score (nSPS) is 15.5. The quantitative estimate of drug-likeness (QED) is 0.694. The van der Waals surface area contributed by atoms with Crippen LogP contribution in [-0.2, 0) is 6.18 Å². The number of nitrogens with one attached hydrogen (secondary N) is 1. The van der Waals surface area contributed by atoms with Crippen LogP contribution in [-0.4, -0.2) is 53.4 Å². The van der Waals surface area contributed by atoms with E-state index in [1.165, 1.54) is 35.7 Å². The molecule has 0 radical (unpaired) electrons. The van der Waals surface area contributed by atoms with Gasteiger partial charge in [-0.2, -0.15) is 18.3 Å². The van der Waals surface area contributed by atoms with Gasteiger partial charge in [0, 0.05) is 25.7 Å². The number of aromatic nitrogens is 2. The number of benzene rings is 1. The summed E-state index contributed by atoms with van der Waals surface area (Å²) in [6, 6.07) is 4.78. The van der Waals surface area contributed by atoms with Crippen LogP contribution in [0.2, 0.25) is 0 Å². The molecule has 2 heterocycles. The third-order valence-electron chi connectivity index (χ3n) is 5.23. The number of ether oxygens (including phenoxy) is 1. The maximum absolute atomic E-state index is 13.0. The molecule has 9 heteroatoms. The van der Waals surface area contributed by atoms with E-state index in [0.29, 0.717) is 0 Å². The topological polar surface area (TPSA) is 59.4 Å². The molecule has 0 aliphatic carbocycles. The summed E-state index contributed by atoms with van der Waals surface area (Å²) in [5.74, 6) is -0.193. The Bertz CT molecular complexity index is 940. The second kappa shape index (κ2) is 9.55. The molecule has 168 valence electrons. The maximum atomic E-state index is 13.0. The van der Waals surface area contributed by atoms with Gasteiger partial charge in [0.2, 0.25) is 0 Å². The van der Waals surface area contributed by atoms with E-state index >= 15 is 0 Å². The Morgan fingerprint density at radius 1 is 1.29 bits per heavy atom. The third kappa shape index (κ3) is 5.88. The second-order valence-corrected chi connectivity index (χ2v) is 7.87. The summed E-state index contributed by atoms with van der Waals surface area (Å²) in [7, 11) is 1.39. The molecule has 1 N–H and O–H groups in total. The zero-order chi connectivity index (χ0) is 22.6. The third-order valence-corrected chi connectivity index (χ3v) is 5.23. The first-order valence-corrected chi connectivity index (χ1v) is 10.1. The van der Waals surface area contributed by atoms with Crippen LogP contribution in [0, 0.1) is 0 Å². The van der Waals surface area contributed by atoms with Gasteiger partial charge in [-0.1, -0.05) is 17.7 Å². The molecule has 3 rings (SSSR count). The molecule has 0 unspecified atom stereocenters. The Hall–Kier alpha value is -2.81. The van der Waals surface area contributed by atoms with E-state index in [1.807, 2.05) is 0 Å². The van der Waals surface area contributed by atoms with Crippen LogP contribution in [0.1, 0.15) is 42.7 Å². The fraction of sp³-hybridized carbons (Fsp3) is 0.455. The van der Waals surface area contributed by atoms with Crippen LogP contribution in [0.5, 0.6) is 5.75 Å². The van der Waals surface area contributed by atoms with Crippen LogP contribution < -0.4 is 10.1 Å². The molecule has 0 bridgehead atoms. The lowest BCUT2D eigenvalue weighted by molar-refractivity contribution is -0.137. The highest BCUT2D eigenvalue weighted by molar-refractivity contribution is 5.95. The molecule has 1 aliphatic rings. The Morgan fingerprint density at radius 2 is 2.00 bits per heavy atom. The molecular formula is C22H27F3N4O2. The molecule has 31 heavy (non-hydrogen) atoms. The molecule has 1 aliphatic heterocycles. The number of rotatable bonds is 6. The number of carbonyl (C=O) groups excluding carboxylic acids is 1. The van der Waals surface area contributed by atoms with Gasteiger partial charge in [-0.3, -0.25) is 9.69 Å². The van der Waals surface area contributed by atoms with Crippen molar-refractivity contribution < 1.29 is 22.7 Å². The monoisotopic (exact) mass is 436 g/mol. The van der Waals surface area contributed by atoms with Gasteiger partial charge in [0.1, 0.15) is 0 Å². The molecular weight excluding hydrogens is 409 g/mol. The average Bonchev–Trinajstić information content (AvgIpc) is 3.17. The minimum Gasteiger partial charge on any atom is -0.493 e. The van der Waals surface area contributed by atoms with Gasteiger partial charge in [0.05, 0.1) is 24.6 Å². The summed E-state index contributed by atoms with van der Waals surface area (Å²) in [6.45, 7) is 6.80. The highest BCUT2D eigenvalue weighted by atomic mass is 19.4. The van der Waals surface area contributed by atoms with E-state index in [-0.39, 0.29) is 23.2 Å². The van der Waals surface area contributed by atoms with Crippen molar-refractivity contribution in [2.75, 3.05) is 26.7 Å². The number of amides is 1. The van der Waals surface area contributed by atoms with E-state index in [9.17, 15) is 18.0 Å². The lowest BCUT2D eigenvalue weighted by Gasteiger charge is -2.31. The van der Waals surface area contributed by atoms with E-state index in [2.05, 4.69) is 35.2 Å². The molecule has 0 saturated carbocycles. The van der Waals surface area contributed by atoms with Gasteiger partial charge in [0.25, 0.3) is 5.91 Å². The molecule has 1 aromatic carbocycles. The Labute approximate surface area is 179 Å². The van der Waals surface area contributed by atoms with E-state index in [1.54, 1.807) is 0 Å². The number of likely N-dealkylation sites (tertiary alicyclic amines) is 1. The van der Waals surface area contributed by atoms with E-state index < -0.39 is 17.6 Å².